The molecule has 0 N–H and O–H groups in total. The number of hydrogen-bond donors (Lipinski definition) is 0. The highest BCUT2D eigenvalue weighted by molar-refractivity contribution is 5.85. The highest BCUT2D eigenvalue weighted by Gasteiger charge is 2.32. The van der Waals surface area contributed by atoms with Gasteiger partial charge < -0.3 is 9.64 Å². The Balaban J connectivity index is 0.00000121. The van der Waals surface area contributed by atoms with Gasteiger partial charge in [0, 0.05) is 39.3 Å². The van der Waals surface area contributed by atoms with Crippen LogP contribution in [0.4, 0.5) is 0 Å². The van der Waals surface area contributed by atoms with Gasteiger partial charge in [0.1, 0.15) is 0 Å². The second-order valence-corrected chi connectivity index (χ2v) is 6.20. The first-order valence-electron chi connectivity index (χ1n) is 8.21. The van der Waals surface area contributed by atoms with E-state index in [1.54, 1.807) is 0 Å². The maximum absolute atomic E-state index is 12.6. The van der Waals surface area contributed by atoms with Gasteiger partial charge in [-0.1, -0.05) is 6.42 Å². The third kappa shape index (κ3) is 4.96. The minimum Gasteiger partial charge on any atom is -0.378 e. The van der Waals surface area contributed by atoms with Gasteiger partial charge in [0.25, 0.3) is 0 Å². The Morgan fingerprint density at radius 3 is 2.14 bits per heavy atom. The molecular weight excluding hydrogens is 325 g/mol. The number of hydrazine groups is 1. The molecule has 3 aliphatic heterocycles. The molecule has 3 saturated heterocycles. The number of morpholine rings is 1. The molecule has 7 heteroatoms. The third-order valence-electron chi connectivity index (χ3n) is 4.80. The van der Waals surface area contributed by atoms with E-state index in [-0.39, 0.29) is 30.7 Å². The van der Waals surface area contributed by atoms with Crippen LogP contribution in [-0.4, -0.2) is 73.3 Å². The van der Waals surface area contributed by atoms with E-state index in [0.717, 1.165) is 39.0 Å². The van der Waals surface area contributed by atoms with E-state index in [0.29, 0.717) is 19.1 Å². The highest BCUT2D eigenvalue weighted by Crippen LogP contribution is 2.22. The summed E-state index contributed by atoms with van der Waals surface area (Å²) in [4.78, 5) is 14.6. The molecule has 0 radical (unpaired) electrons. The molecule has 0 aromatic heterocycles. The molecule has 0 spiro atoms. The number of rotatable bonds is 2. The van der Waals surface area contributed by atoms with Crippen LogP contribution in [0.5, 0.6) is 0 Å². The van der Waals surface area contributed by atoms with Crippen molar-refractivity contribution in [3.63, 3.8) is 0 Å². The fourth-order valence-corrected chi connectivity index (χ4v) is 3.62. The second-order valence-electron chi connectivity index (χ2n) is 6.20. The summed E-state index contributed by atoms with van der Waals surface area (Å²) < 4.78 is 5.34. The van der Waals surface area contributed by atoms with Gasteiger partial charge in [-0.2, -0.15) is 0 Å². The van der Waals surface area contributed by atoms with Gasteiger partial charge in [-0.25, -0.2) is 10.0 Å². The summed E-state index contributed by atoms with van der Waals surface area (Å²) in [7, 11) is 0. The van der Waals surface area contributed by atoms with Gasteiger partial charge in [0.2, 0.25) is 5.91 Å². The number of ether oxygens (including phenoxy) is 1. The molecule has 3 aliphatic rings. The van der Waals surface area contributed by atoms with Crippen molar-refractivity contribution in [1.82, 2.24) is 14.9 Å². The highest BCUT2D eigenvalue weighted by atomic mass is 35.5. The number of halogens is 2. The van der Waals surface area contributed by atoms with Crippen LogP contribution in [0.15, 0.2) is 0 Å². The third-order valence-corrected chi connectivity index (χ3v) is 4.80. The summed E-state index contributed by atoms with van der Waals surface area (Å²) in [6.07, 6.45) is 6.18. The lowest BCUT2D eigenvalue weighted by molar-refractivity contribution is -0.146. The summed E-state index contributed by atoms with van der Waals surface area (Å²) in [5, 5.41) is 4.94. The summed E-state index contributed by atoms with van der Waals surface area (Å²) >= 11 is 0. The van der Waals surface area contributed by atoms with Gasteiger partial charge in [0.05, 0.1) is 19.1 Å². The lowest BCUT2D eigenvalue weighted by Crippen LogP contribution is -2.53. The molecule has 0 bridgehead atoms. The van der Waals surface area contributed by atoms with Crippen molar-refractivity contribution in [2.45, 2.75) is 32.1 Å². The molecule has 0 aliphatic carbocycles. The number of amides is 1. The number of carbonyl (C=O) groups excluding carboxylic acids is 1. The molecule has 1 amide bonds. The van der Waals surface area contributed by atoms with Crippen LogP contribution < -0.4 is 0 Å². The van der Waals surface area contributed by atoms with Crippen LogP contribution in [0.1, 0.15) is 32.1 Å². The molecular formula is C15H29Cl2N3O2. The molecule has 1 atom stereocenters. The second kappa shape index (κ2) is 9.93. The first-order chi connectivity index (χ1) is 9.84. The van der Waals surface area contributed by atoms with Crippen molar-refractivity contribution >= 4 is 30.7 Å². The predicted octanol–water partition coefficient (Wildman–Crippen LogP) is 1.80. The zero-order chi connectivity index (χ0) is 13.8. The molecule has 22 heavy (non-hydrogen) atoms. The van der Waals surface area contributed by atoms with E-state index < -0.39 is 0 Å². The summed E-state index contributed by atoms with van der Waals surface area (Å²) in [5.74, 6) is 0.554. The maximum Gasteiger partial charge on any atom is 0.227 e. The lowest BCUT2D eigenvalue weighted by Gasteiger charge is -2.43. The van der Waals surface area contributed by atoms with E-state index in [4.69, 9.17) is 4.74 Å². The Bertz CT molecular complexity index is 335. The molecule has 3 rings (SSSR count). The molecule has 0 aromatic rings. The van der Waals surface area contributed by atoms with Crippen LogP contribution >= 0.6 is 24.8 Å². The molecule has 0 aromatic carbocycles. The maximum atomic E-state index is 12.6. The van der Waals surface area contributed by atoms with Crippen molar-refractivity contribution < 1.29 is 9.53 Å². The minimum atomic E-state index is 0. The average Bonchev–Trinajstić information content (AvgIpc) is 2.56. The summed E-state index contributed by atoms with van der Waals surface area (Å²) in [6, 6.07) is 0. The van der Waals surface area contributed by atoms with Crippen molar-refractivity contribution in [1.29, 1.82) is 0 Å². The minimum absolute atomic E-state index is 0. The fraction of sp³-hybridized carbons (Fsp3) is 0.933. The smallest absolute Gasteiger partial charge is 0.227 e. The standard InChI is InChI=1S/C15H27N3O2.2ClH/c19-15(16-9-11-20-12-10-16)14-5-4-8-18(13-14)17-6-2-1-3-7-17;;/h14H,1-13H2;2*1H. The Kier molecular flexibility index (Phi) is 9.02. The van der Waals surface area contributed by atoms with Crippen molar-refractivity contribution in [2.24, 2.45) is 5.92 Å². The van der Waals surface area contributed by atoms with E-state index in [1.165, 1.54) is 32.4 Å². The Labute approximate surface area is 146 Å². The number of hydrogen-bond acceptors (Lipinski definition) is 4. The number of nitrogens with zero attached hydrogens (tertiary/aromatic N) is 3. The van der Waals surface area contributed by atoms with Gasteiger partial charge in [-0.15, -0.1) is 24.8 Å². The van der Waals surface area contributed by atoms with Crippen molar-refractivity contribution in [2.75, 3.05) is 52.5 Å². The average molecular weight is 354 g/mol. The fourth-order valence-electron chi connectivity index (χ4n) is 3.62. The van der Waals surface area contributed by atoms with Crippen LogP contribution in [0.3, 0.4) is 0 Å². The Morgan fingerprint density at radius 1 is 0.818 bits per heavy atom. The number of piperidine rings is 2. The molecule has 5 nitrogen and oxygen atoms in total. The van der Waals surface area contributed by atoms with Gasteiger partial charge >= 0.3 is 0 Å². The van der Waals surface area contributed by atoms with Crippen LogP contribution in [-0.2, 0) is 9.53 Å². The largest absolute Gasteiger partial charge is 0.378 e. The van der Waals surface area contributed by atoms with E-state index >= 15 is 0 Å². The van der Waals surface area contributed by atoms with E-state index in [9.17, 15) is 4.79 Å². The van der Waals surface area contributed by atoms with Crippen LogP contribution in [0.2, 0.25) is 0 Å². The molecule has 130 valence electrons. The SMILES string of the molecule is Cl.Cl.O=C(C1CCCN(N2CCCCC2)C1)N1CCOCC1. The zero-order valence-electron chi connectivity index (χ0n) is 13.2. The van der Waals surface area contributed by atoms with Gasteiger partial charge in [-0.3, -0.25) is 4.79 Å². The first kappa shape index (κ1) is 20.0. The van der Waals surface area contributed by atoms with Crippen molar-refractivity contribution in [3.05, 3.63) is 0 Å². The summed E-state index contributed by atoms with van der Waals surface area (Å²) in [6.45, 7) is 7.38. The molecule has 3 heterocycles. The van der Waals surface area contributed by atoms with Crippen LogP contribution in [0.25, 0.3) is 0 Å². The number of carbonyl (C=O) groups is 1. The topological polar surface area (TPSA) is 36.0 Å². The quantitative estimate of drug-likeness (QED) is 0.758. The monoisotopic (exact) mass is 353 g/mol. The van der Waals surface area contributed by atoms with Crippen molar-refractivity contribution in [3.8, 4) is 0 Å². The van der Waals surface area contributed by atoms with Crippen LogP contribution in [0, 0.1) is 5.92 Å². The Morgan fingerprint density at radius 2 is 1.45 bits per heavy atom. The normalized spacial score (nSPS) is 27.6. The lowest BCUT2D eigenvalue weighted by atomic mass is 9.97. The summed E-state index contributed by atoms with van der Waals surface area (Å²) in [5.41, 5.74) is 0. The zero-order valence-corrected chi connectivity index (χ0v) is 14.9. The molecule has 1 unspecified atom stereocenters. The Hall–Kier alpha value is -0.0700. The van der Waals surface area contributed by atoms with E-state index in [2.05, 4.69) is 10.0 Å². The molecule has 3 fully saturated rings. The predicted molar refractivity (Wildman–Crippen MR) is 91.6 cm³/mol. The van der Waals surface area contributed by atoms with Gasteiger partial charge in [0.15, 0.2) is 0 Å². The first-order valence-corrected chi connectivity index (χ1v) is 8.21. The molecule has 0 saturated carbocycles. The van der Waals surface area contributed by atoms with E-state index in [1.807, 2.05) is 4.90 Å². The van der Waals surface area contributed by atoms with Gasteiger partial charge in [-0.05, 0) is 25.7 Å².